The van der Waals surface area contributed by atoms with Crippen molar-refractivity contribution in [3.8, 4) is 11.5 Å². The Balaban J connectivity index is 1.78. The van der Waals surface area contributed by atoms with E-state index < -0.39 is 0 Å². The third-order valence-electron chi connectivity index (χ3n) is 2.56. The van der Waals surface area contributed by atoms with E-state index in [0.717, 1.165) is 4.47 Å². The normalized spacial score (nSPS) is 11.2. The molecule has 0 aliphatic rings. The minimum Gasteiger partial charge on any atom is -0.490 e. The van der Waals surface area contributed by atoms with E-state index in [1.54, 1.807) is 36.7 Å². The molecule has 0 atom stereocenters. The van der Waals surface area contributed by atoms with Gasteiger partial charge < -0.3 is 20.4 Å². The highest BCUT2D eigenvalue weighted by atomic mass is 79.9. The number of benzene rings is 1. The summed E-state index contributed by atoms with van der Waals surface area (Å²) in [5, 5.41) is 11.5. The summed E-state index contributed by atoms with van der Waals surface area (Å²) < 4.78 is 11.9. The minimum atomic E-state index is 0.0621. The van der Waals surface area contributed by atoms with Gasteiger partial charge in [-0.1, -0.05) is 5.16 Å². The first-order chi connectivity index (χ1) is 10.2. The lowest BCUT2D eigenvalue weighted by molar-refractivity contribution is 0.216. The van der Waals surface area contributed by atoms with Crippen LogP contribution in [0.4, 0.5) is 0 Å². The Hall–Kier alpha value is -2.28. The first-order valence-corrected chi connectivity index (χ1v) is 6.92. The molecule has 0 fully saturated rings. The molecule has 0 saturated heterocycles. The molecule has 0 aliphatic heterocycles. The van der Waals surface area contributed by atoms with Crippen molar-refractivity contribution >= 4 is 21.8 Å². The lowest BCUT2D eigenvalue weighted by Gasteiger charge is -2.08. The molecule has 0 unspecified atom stereocenters. The van der Waals surface area contributed by atoms with Crippen LogP contribution in [0.1, 0.15) is 5.56 Å². The topological polar surface area (TPSA) is 90.0 Å². The van der Waals surface area contributed by atoms with Crippen molar-refractivity contribution in [2.24, 2.45) is 10.9 Å². The summed E-state index contributed by atoms with van der Waals surface area (Å²) in [4.78, 5) is 4.00. The van der Waals surface area contributed by atoms with Gasteiger partial charge in [0.1, 0.15) is 24.7 Å². The molecular weight excluding hydrogens is 338 g/mol. The average molecular weight is 352 g/mol. The number of hydrogen-bond donors (Lipinski definition) is 2. The predicted octanol–water partition coefficient (Wildman–Crippen LogP) is 2.40. The van der Waals surface area contributed by atoms with E-state index in [1.807, 2.05) is 6.07 Å². The fraction of sp³-hybridized carbons (Fsp3) is 0.143. The van der Waals surface area contributed by atoms with E-state index in [0.29, 0.717) is 30.3 Å². The Morgan fingerprint density at radius 1 is 1.14 bits per heavy atom. The maximum absolute atomic E-state index is 8.57. The Labute approximate surface area is 130 Å². The number of ether oxygens (including phenoxy) is 2. The standard InChI is InChI=1S/C14H14BrN3O3/c15-11-7-13(9-17-8-11)21-6-5-20-12-3-1-10(2-4-12)14(16)18-19/h1-4,7-9,19H,5-6H2,(H2,16,18). The number of nitrogens with two attached hydrogens (primary N) is 1. The summed E-state index contributed by atoms with van der Waals surface area (Å²) in [6, 6.07) is 8.74. The molecule has 0 aliphatic carbocycles. The molecule has 0 saturated carbocycles. The van der Waals surface area contributed by atoms with Crippen LogP contribution in [0.5, 0.6) is 11.5 Å². The summed E-state index contributed by atoms with van der Waals surface area (Å²) >= 11 is 3.32. The van der Waals surface area contributed by atoms with Crippen molar-refractivity contribution in [1.29, 1.82) is 0 Å². The third-order valence-corrected chi connectivity index (χ3v) is 2.99. The van der Waals surface area contributed by atoms with Crippen LogP contribution in [0.15, 0.2) is 52.4 Å². The lowest BCUT2D eigenvalue weighted by atomic mass is 10.2. The maximum Gasteiger partial charge on any atom is 0.170 e. The van der Waals surface area contributed by atoms with Crippen LogP contribution in [-0.4, -0.2) is 29.2 Å². The quantitative estimate of drug-likeness (QED) is 0.274. The van der Waals surface area contributed by atoms with Crippen LogP contribution < -0.4 is 15.2 Å². The molecule has 0 amide bonds. The molecule has 3 N–H and O–H groups in total. The number of oxime groups is 1. The van der Waals surface area contributed by atoms with Crippen LogP contribution in [0, 0.1) is 0 Å². The van der Waals surface area contributed by atoms with E-state index in [4.69, 9.17) is 20.4 Å². The summed E-state index contributed by atoms with van der Waals surface area (Å²) in [6.45, 7) is 0.801. The number of halogens is 1. The second kappa shape index (κ2) is 7.49. The molecule has 2 aromatic rings. The summed E-state index contributed by atoms with van der Waals surface area (Å²) in [5.74, 6) is 1.42. The molecule has 0 spiro atoms. The molecule has 7 heteroatoms. The molecule has 21 heavy (non-hydrogen) atoms. The van der Waals surface area contributed by atoms with Crippen molar-refractivity contribution in [3.05, 3.63) is 52.8 Å². The van der Waals surface area contributed by atoms with Crippen LogP contribution >= 0.6 is 15.9 Å². The van der Waals surface area contributed by atoms with E-state index in [-0.39, 0.29) is 5.84 Å². The van der Waals surface area contributed by atoms with Crippen molar-refractivity contribution in [3.63, 3.8) is 0 Å². The second-order valence-corrected chi connectivity index (χ2v) is 4.96. The van der Waals surface area contributed by atoms with Crippen molar-refractivity contribution in [2.45, 2.75) is 0 Å². The van der Waals surface area contributed by atoms with Crippen molar-refractivity contribution in [2.75, 3.05) is 13.2 Å². The predicted molar refractivity (Wildman–Crippen MR) is 81.9 cm³/mol. The van der Waals surface area contributed by atoms with Gasteiger partial charge in [-0.3, -0.25) is 4.98 Å². The van der Waals surface area contributed by atoms with Gasteiger partial charge in [-0.05, 0) is 46.3 Å². The monoisotopic (exact) mass is 351 g/mol. The molecule has 6 nitrogen and oxygen atoms in total. The van der Waals surface area contributed by atoms with Gasteiger partial charge in [0.2, 0.25) is 0 Å². The SMILES string of the molecule is NC(=NO)c1ccc(OCCOc2cncc(Br)c2)cc1. The highest BCUT2D eigenvalue weighted by Gasteiger charge is 2.00. The summed E-state index contributed by atoms with van der Waals surface area (Å²) in [5.41, 5.74) is 6.10. The molecule has 2 rings (SSSR count). The molecular formula is C14H14BrN3O3. The van der Waals surface area contributed by atoms with Crippen molar-refractivity contribution < 1.29 is 14.7 Å². The molecule has 0 radical (unpaired) electrons. The van der Waals surface area contributed by atoms with E-state index in [9.17, 15) is 0 Å². The van der Waals surface area contributed by atoms with Crippen LogP contribution in [-0.2, 0) is 0 Å². The number of nitrogens with zero attached hydrogens (tertiary/aromatic N) is 2. The van der Waals surface area contributed by atoms with Gasteiger partial charge >= 0.3 is 0 Å². The van der Waals surface area contributed by atoms with Crippen LogP contribution in [0.3, 0.4) is 0 Å². The van der Waals surface area contributed by atoms with Gasteiger partial charge in [0, 0.05) is 16.2 Å². The Bertz CT molecular complexity index is 617. The number of rotatable bonds is 6. The van der Waals surface area contributed by atoms with E-state index in [1.165, 1.54) is 0 Å². The summed E-state index contributed by atoms with van der Waals surface area (Å²) in [6.07, 6.45) is 3.32. The number of amidine groups is 1. The van der Waals surface area contributed by atoms with Crippen LogP contribution in [0.25, 0.3) is 0 Å². The fourth-order valence-corrected chi connectivity index (χ4v) is 1.91. The van der Waals surface area contributed by atoms with E-state index in [2.05, 4.69) is 26.1 Å². The Morgan fingerprint density at radius 3 is 2.43 bits per heavy atom. The third kappa shape index (κ3) is 4.64. The smallest absolute Gasteiger partial charge is 0.170 e. The first-order valence-electron chi connectivity index (χ1n) is 6.13. The van der Waals surface area contributed by atoms with Gasteiger partial charge in [0.15, 0.2) is 5.84 Å². The average Bonchev–Trinajstić information content (AvgIpc) is 2.51. The van der Waals surface area contributed by atoms with Gasteiger partial charge in [0.05, 0.1) is 6.20 Å². The molecule has 1 heterocycles. The molecule has 1 aromatic carbocycles. The Kier molecular flexibility index (Phi) is 5.39. The van der Waals surface area contributed by atoms with Gasteiger partial charge in [-0.15, -0.1) is 0 Å². The second-order valence-electron chi connectivity index (χ2n) is 4.05. The zero-order valence-corrected chi connectivity index (χ0v) is 12.7. The lowest BCUT2D eigenvalue weighted by Crippen LogP contribution is -2.13. The molecule has 110 valence electrons. The Morgan fingerprint density at radius 2 is 1.81 bits per heavy atom. The van der Waals surface area contributed by atoms with Gasteiger partial charge in [0.25, 0.3) is 0 Å². The summed E-state index contributed by atoms with van der Waals surface area (Å²) in [7, 11) is 0. The maximum atomic E-state index is 8.57. The largest absolute Gasteiger partial charge is 0.490 e. The highest BCUT2D eigenvalue weighted by Crippen LogP contribution is 2.16. The van der Waals surface area contributed by atoms with Gasteiger partial charge in [-0.2, -0.15) is 0 Å². The zero-order chi connectivity index (χ0) is 15.1. The van der Waals surface area contributed by atoms with Crippen molar-refractivity contribution in [1.82, 2.24) is 4.98 Å². The molecule has 1 aromatic heterocycles. The first kappa shape index (κ1) is 15.1. The number of aromatic nitrogens is 1. The number of pyridine rings is 1. The highest BCUT2D eigenvalue weighted by molar-refractivity contribution is 9.10. The van der Waals surface area contributed by atoms with Gasteiger partial charge in [-0.25, -0.2) is 0 Å². The fourth-order valence-electron chi connectivity index (χ4n) is 1.57. The van der Waals surface area contributed by atoms with Crippen LogP contribution in [0.2, 0.25) is 0 Å². The van der Waals surface area contributed by atoms with E-state index >= 15 is 0 Å². The molecule has 0 bridgehead atoms. The number of hydrogen-bond acceptors (Lipinski definition) is 5. The minimum absolute atomic E-state index is 0.0621. The zero-order valence-electron chi connectivity index (χ0n) is 11.1.